The molecule has 2 heterocycles. The van der Waals surface area contributed by atoms with Gasteiger partial charge in [0.15, 0.2) is 0 Å². The van der Waals surface area contributed by atoms with Crippen molar-refractivity contribution in [2.24, 2.45) is 0 Å². The number of benzene rings is 2. The zero-order valence-corrected chi connectivity index (χ0v) is 17.4. The lowest BCUT2D eigenvalue weighted by Crippen LogP contribution is -2.31. The number of amides is 1. The second-order valence-corrected chi connectivity index (χ2v) is 7.41. The van der Waals surface area contributed by atoms with Gasteiger partial charge in [-0.25, -0.2) is 4.68 Å². The lowest BCUT2D eigenvalue weighted by molar-refractivity contribution is -0.122. The van der Waals surface area contributed by atoms with Crippen LogP contribution in [0.15, 0.2) is 83.9 Å². The Bertz CT molecular complexity index is 1240. The molecule has 6 heteroatoms. The second-order valence-electron chi connectivity index (χ2n) is 7.41. The Morgan fingerprint density at radius 1 is 1.00 bits per heavy atom. The normalized spacial score (nSPS) is 11.9. The fourth-order valence-electron chi connectivity index (χ4n) is 3.76. The number of pyridine rings is 1. The fraction of sp³-hybridized carbons (Fsp3) is 0.200. The van der Waals surface area contributed by atoms with Gasteiger partial charge in [0.05, 0.1) is 30.1 Å². The summed E-state index contributed by atoms with van der Waals surface area (Å²) in [6.45, 7) is 2.56. The first kappa shape index (κ1) is 20.5. The van der Waals surface area contributed by atoms with Crippen LogP contribution in [-0.2, 0) is 17.9 Å². The van der Waals surface area contributed by atoms with Crippen molar-refractivity contribution in [2.45, 2.75) is 32.4 Å². The SMILES string of the molecule is CCC(C(=O)NCc1nn(Cc2cccnc2)c(=O)c2ccccc12)c1ccccc1. The van der Waals surface area contributed by atoms with E-state index >= 15 is 0 Å². The highest BCUT2D eigenvalue weighted by molar-refractivity contribution is 5.86. The Labute approximate surface area is 180 Å². The molecule has 4 aromatic rings. The van der Waals surface area contributed by atoms with Crippen LogP contribution in [-0.4, -0.2) is 20.7 Å². The van der Waals surface area contributed by atoms with Gasteiger partial charge in [0.1, 0.15) is 0 Å². The average molecular weight is 412 g/mol. The molecule has 0 aliphatic rings. The van der Waals surface area contributed by atoms with E-state index in [9.17, 15) is 9.59 Å². The Hall–Kier alpha value is -3.80. The van der Waals surface area contributed by atoms with E-state index in [2.05, 4.69) is 15.4 Å². The van der Waals surface area contributed by atoms with Gasteiger partial charge in [0.25, 0.3) is 5.56 Å². The van der Waals surface area contributed by atoms with Crippen molar-refractivity contribution in [3.63, 3.8) is 0 Å². The number of aromatic nitrogens is 3. The lowest BCUT2D eigenvalue weighted by atomic mass is 9.95. The second kappa shape index (κ2) is 9.34. The number of hydrogen-bond donors (Lipinski definition) is 1. The van der Waals surface area contributed by atoms with E-state index in [4.69, 9.17) is 0 Å². The maximum absolute atomic E-state index is 13.0. The van der Waals surface area contributed by atoms with Crippen molar-refractivity contribution < 1.29 is 4.79 Å². The van der Waals surface area contributed by atoms with E-state index in [0.29, 0.717) is 24.0 Å². The highest BCUT2D eigenvalue weighted by Crippen LogP contribution is 2.20. The van der Waals surface area contributed by atoms with Crippen molar-refractivity contribution in [1.82, 2.24) is 20.1 Å². The predicted octanol–water partition coefficient (Wildman–Crippen LogP) is 3.65. The molecule has 0 bridgehead atoms. The average Bonchev–Trinajstić information content (AvgIpc) is 2.82. The van der Waals surface area contributed by atoms with Crippen LogP contribution in [0.3, 0.4) is 0 Å². The van der Waals surface area contributed by atoms with Crippen LogP contribution < -0.4 is 10.9 Å². The number of carbonyl (C=O) groups is 1. The quantitative estimate of drug-likeness (QED) is 0.503. The monoisotopic (exact) mass is 412 g/mol. The molecule has 0 radical (unpaired) electrons. The molecule has 0 spiro atoms. The molecule has 1 unspecified atom stereocenters. The van der Waals surface area contributed by atoms with Crippen LogP contribution in [0.25, 0.3) is 10.8 Å². The fourth-order valence-corrected chi connectivity index (χ4v) is 3.76. The van der Waals surface area contributed by atoms with E-state index in [1.54, 1.807) is 18.5 Å². The van der Waals surface area contributed by atoms with Crippen LogP contribution in [0.4, 0.5) is 0 Å². The van der Waals surface area contributed by atoms with Gasteiger partial charge in [0, 0.05) is 17.8 Å². The smallest absolute Gasteiger partial charge is 0.274 e. The largest absolute Gasteiger partial charge is 0.350 e. The number of rotatable bonds is 7. The van der Waals surface area contributed by atoms with Gasteiger partial charge in [-0.1, -0.05) is 61.5 Å². The van der Waals surface area contributed by atoms with E-state index in [-0.39, 0.29) is 23.9 Å². The minimum Gasteiger partial charge on any atom is -0.350 e. The third-order valence-corrected chi connectivity index (χ3v) is 5.36. The first-order valence-electron chi connectivity index (χ1n) is 10.4. The number of nitrogens with one attached hydrogen (secondary N) is 1. The van der Waals surface area contributed by atoms with E-state index < -0.39 is 0 Å². The summed E-state index contributed by atoms with van der Waals surface area (Å²) < 4.78 is 1.44. The molecule has 2 aromatic carbocycles. The number of fused-ring (bicyclic) bond motifs is 1. The number of carbonyl (C=O) groups excluding carboxylic acids is 1. The van der Waals surface area contributed by atoms with Crippen molar-refractivity contribution >= 4 is 16.7 Å². The molecule has 0 saturated carbocycles. The van der Waals surface area contributed by atoms with Crippen molar-refractivity contribution in [1.29, 1.82) is 0 Å². The van der Waals surface area contributed by atoms with Crippen LogP contribution >= 0.6 is 0 Å². The first-order chi connectivity index (χ1) is 15.2. The summed E-state index contributed by atoms with van der Waals surface area (Å²) in [5.74, 6) is -0.279. The predicted molar refractivity (Wildman–Crippen MR) is 121 cm³/mol. The van der Waals surface area contributed by atoms with E-state index in [0.717, 1.165) is 16.5 Å². The Morgan fingerprint density at radius 3 is 2.45 bits per heavy atom. The Morgan fingerprint density at radius 2 is 1.74 bits per heavy atom. The van der Waals surface area contributed by atoms with Gasteiger partial charge in [-0.15, -0.1) is 0 Å². The van der Waals surface area contributed by atoms with Gasteiger partial charge >= 0.3 is 0 Å². The third kappa shape index (κ3) is 4.53. The third-order valence-electron chi connectivity index (χ3n) is 5.36. The molecule has 1 amide bonds. The maximum atomic E-state index is 13.0. The first-order valence-corrected chi connectivity index (χ1v) is 10.4. The molecular formula is C25H24N4O2. The van der Waals surface area contributed by atoms with Gasteiger partial charge in [-0.05, 0) is 29.7 Å². The van der Waals surface area contributed by atoms with E-state index in [1.165, 1.54) is 4.68 Å². The highest BCUT2D eigenvalue weighted by atomic mass is 16.2. The van der Waals surface area contributed by atoms with Crippen LogP contribution in [0.1, 0.15) is 36.1 Å². The molecule has 0 aliphatic heterocycles. The van der Waals surface area contributed by atoms with Crippen molar-refractivity contribution in [2.75, 3.05) is 0 Å². The van der Waals surface area contributed by atoms with Crippen LogP contribution in [0, 0.1) is 0 Å². The minimum absolute atomic E-state index is 0.0513. The summed E-state index contributed by atoms with van der Waals surface area (Å²) in [6, 6.07) is 20.9. The van der Waals surface area contributed by atoms with Crippen molar-refractivity contribution in [3.05, 3.63) is 106 Å². The molecule has 156 valence electrons. The molecule has 2 aromatic heterocycles. The van der Waals surface area contributed by atoms with Gasteiger partial charge < -0.3 is 5.32 Å². The van der Waals surface area contributed by atoms with E-state index in [1.807, 2.05) is 67.6 Å². The maximum Gasteiger partial charge on any atom is 0.274 e. The summed E-state index contributed by atoms with van der Waals surface area (Å²) in [6.07, 6.45) is 4.11. The van der Waals surface area contributed by atoms with Gasteiger partial charge in [-0.3, -0.25) is 14.6 Å². The molecule has 1 N–H and O–H groups in total. The lowest BCUT2D eigenvalue weighted by Gasteiger charge is -2.16. The topological polar surface area (TPSA) is 76.9 Å². The summed E-state index contributed by atoms with van der Waals surface area (Å²) in [5, 5.41) is 8.95. The summed E-state index contributed by atoms with van der Waals surface area (Å²) in [7, 11) is 0. The summed E-state index contributed by atoms with van der Waals surface area (Å²) in [4.78, 5) is 30.0. The molecular weight excluding hydrogens is 388 g/mol. The Balaban J connectivity index is 1.63. The molecule has 6 nitrogen and oxygen atoms in total. The van der Waals surface area contributed by atoms with Crippen molar-refractivity contribution in [3.8, 4) is 0 Å². The molecule has 0 aliphatic carbocycles. The van der Waals surface area contributed by atoms with Gasteiger partial charge in [0.2, 0.25) is 5.91 Å². The van der Waals surface area contributed by atoms with Crippen LogP contribution in [0.5, 0.6) is 0 Å². The molecule has 0 fully saturated rings. The number of nitrogens with zero attached hydrogens (tertiary/aromatic N) is 3. The summed E-state index contributed by atoms with van der Waals surface area (Å²) >= 11 is 0. The van der Waals surface area contributed by atoms with Crippen LogP contribution in [0.2, 0.25) is 0 Å². The molecule has 1 atom stereocenters. The molecule has 4 rings (SSSR count). The number of hydrogen-bond acceptors (Lipinski definition) is 4. The zero-order valence-electron chi connectivity index (χ0n) is 17.4. The van der Waals surface area contributed by atoms with Gasteiger partial charge in [-0.2, -0.15) is 5.10 Å². The standard InChI is InChI=1S/C25H24N4O2/c1-2-20(19-10-4-3-5-11-19)24(30)27-16-23-21-12-6-7-13-22(21)25(31)29(28-23)17-18-9-8-14-26-15-18/h3-15,20H,2,16-17H2,1H3,(H,27,30). The zero-order chi connectivity index (χ0) is 21.6. The molecule has 0 saturated heterocycles. The Kier molecular flexibility index (Phi) is 6.17. The molecule has 31 heavy (non-hydrogen) atoms. The summed E-state index contributed by atoms with van der Waals surface area (Å²) in [5.41, 5.74) is 2.37. The highest BCUT2D eigenvalue weighted by Gasteiger charge is 2.19. The minimum atomic E-state index is -0.228.